The van der Waals surface area contributed by atoms with Gasteiger partial charge in [0, 0.05) is 10.9 Å². The van der Waals surface area contributed by atoms with Crippen molar-refractivity contribution in [1.29, 1.82) is 0 Å². The van der Waals surface area contributed by atoms with Crippen LogP contribution in [-0.2, 0) is 14.3 Å². The van der Waals surface area contributed by atoms with Crippen molar-refractivity contribution in [2.75, 3.05) is 24.3 Å². The maximum Gasteiger partial charge on any atom is 0.346 e. The smallest absolute Gasteiger partial charge is 0.346 e. The third-order valence-electron chi connectivity index (χ3n) is 3.74. The Morgan fingerprint density at radius 2 is 2.00 bits per heavy atom. The molecule has 0 aromatic carbocycles. The normalized spacial score (nSPS) is 10.6. The molecule has 0 saturated carbocycles. The van der Waals surface area contributed by atoms with Crippen LogP contribution in [0.1, 0.15) is 33.3 Å². The Labute approximate surface area is 168 Å². The average Bonchev–Trinajstić information content (AvgIpc) is 3.40. The van der Waals surface area contributed by atoms with E-state index in [-0.39, 0.29) is 34.3 Å². The summed E-state index contributed by atoms with van der Waals surface area (Å²) in [6.45, 7) is 2.76. The van der Waals surface area contributed by atoms with E-state index >= 15 is 0 Å². The lowest BCUT2D eigenvalue weighted by atomic mass is 10.1. The first kappa shape index (κ1) is 20.1. The Bertz CT molecular complexity index is 1020. The third kappa shape index (κ3) is 4.29. The maximum atomic E-state index is 12.4. The number of ether oxygens (including phenoxy) is 2. The fourth-order valence-corrected chi connectivity index (χ4v) is 3.42. The highest BCUT2D eigenvalue weighted by molar-refractivity contribution is 7.15. The van der Waals surface area contributed by atoms with Crippen LogP contribution in [0.4, 0.5) is 10.9 Å². The van der Waals surface area contributed by atoms with Gasteiger partial charge in [0.2, 0.25) is 5.88 Å². The number of carbonyl (C=O) groups is 3. The highest BCUT2D eigenvalue weighted by atomic mass is 32.1. The van der Waals surface area contributed by atoms with Crippen molar-refractivity contribution in [1.82, 2.24) is 5.16 Å². The van der Waals surface area contributed by atoms with Crippen LogP contribution in [0.5, 0.6) is 0 Å². The Morgan fingerprint density at radius 1 is 1.24 bits per heavy atom. The van der Waals surface area contributed by atoms with E-state index in [0.717, 1.165) is 11.3 Å². The fraction of sp³-hybridized carbons (Fsp3) is 0.222. The molecule has 0 spiro atoms. The van der Waals surface area contributed by atoms with Gasteiger partial charge in [-0.3, -0.25) is 4.79 Å². The second-order valence-electron chi connectivity index (χ2n) is 5.68. The maximum absolute atomic E-state index is 12.4. The zero-order valence-electron chi connectivity index (χ0n) is 15.5. The molecule has 3 aromatic heterocycles. The number of esters is 2. The van der Waals surface area contributed by atoms with Crippen LogP contribution in [-0.4, -0.2) is 36.2 Å². The number of nitrogen functional groups attached to an aromatic ring is 1. The van der Waals surface area contributed by atoms with Gasteiger partial charge >= 0.3 is 11.9 Å². The number of hydrogen-bond acceptors (Lipinski definition) is 10. The van der Waals surface area contributed by atoms with Crippen LogP contribution < -0.4 is 11.1 Å². The molecular formula is C18H17N3O7S. The van der Waals surface area contributed by atoms with Crippen molar-refractivity contribution >= 4 is 40.1 Å². The van der Waals surface area contributed by atoms with Gasteiger partial charge in [0.1, 0.15) is 21.9 Å². The molecule has 3 rings (SSSR count). The zero-order chi connectivity index (χ0) is 21.0. The number of anilines is 2. The molecule has 3 heterocycles. The van der Waals surface area contributed by atoms with Gasteiger partial charge < -0.3 is 29.5 Å². The van der Waals surface area contributed by atoms with Gasteiger partial charge in [-0.1, -0.05) is 5.16 Å². The number of nitrogens with one attached hydrogen (secondary N) is 1. The van der Waals surface area contributed by atoms with Crippen molar-refractivity contribution in [3.63, 3.8) is 0 Å². The number of hydrogen-bond donors (Lipinski definition) is 2. The monoisotopic (exact) mass is 419 g/mol. The highest BCUT2D eigenvalue weighted by Gasteiger charge is 2.25. The van der Waals surface area contributed by atoms with Gasteiger partial charge in [0.05, 0.1) is 18.6 Å². The molecule has 3 aromatic rings. The summed E-state index contributed by atoms with van der Waals surface area (Å²) in [6.07, 6.45) is 1.47. The molecule has 10 nitrogen and oxygen atoms in total. The van der Waals surface area contributed by atoms with Gasteiger partial charge in [0.15, 0.2) is 6.61 Å². The lowest BCUT2D eigenvalue weighted by molar-refractivity contribution is -0.119. The molecule has 152 valence electrons. The van der Waals surface area contributed by atoms with Crippen molar-refractivity contribution in [3.8, 4) is 11.3 Å². The van der Waals surface area contributed by atoms with Gasteiger partial charge in [-0.05, 0) is 26.0 Å². The topological polar surface area (TPSA) is 147 Å². The number of nitrogens with two attached hydrogens (primary N) is 1. The van der Waals surface area contributed by atoms with Crippen LogP contribution in [0.2, 0.25) is 0 Å². The number of aromatic nitrogens is 1. The zero-order valence-corrected chi connectivity index (χ0v) is 16.3. The molecule has 29 heavy (non-hydrogen) atoms. The number of amides is 1. The molecule has 0 aliphatic carbocycles. The summed E-state index contributed by atoms with van der Waals surface area (Å²) in [5.41, 5.74) is 6.37. The number of thiophene rings is 1. The molecule has 11 heteroatoms. The van der Waals surface area contributed by atoms with Crippen LogP contribution >= 0.6 is 11.3 Å². The van der Waals surface area contributed by atoms with E-state index < -0.39 is 24.5 Å². The van der Waals surface area contributed by atoms with Gasteiger partial charge in [-0.2, -0.15) is 0 Å². The predicted molar refractivity (Wildman–Crippen MR) is 103 cm³/mol. The number of rotatable bonds is 7. The minimum absolute atomic E-state index is 0.0405. The van der Waals surface area contributed by atoms with Crippen LogP contribution in [0.3, 0.4) is 0 Å². The lowest BCUT2D eigenvalue weighted by Gasteiger charge is -2.08. The summed E-state index contributed by atoms with van der Waals surface area (Å²) in [4.78, 5) is 36.7. The Balaban J connectivity index is 1.73. The minimum atomic E-state index is -0.843. The summed E-state index contributed by atoms with van der Waals surface area (Å²) in [5.74, 6) is -1.84. The largest absolute Gasteiger partial charge is 0.464 e. The molecule has 0 aliphatic rings. The summed E-state index contributed by atoms with van der Waals surface area (Å²) in [7, 11) is 0. The number of nitrogens with zero attached hydrogens (tertiary/aromatic N) is 1. The standard InChI is InChI=1S/C18H17N3O7S/c1-3-25-18(24)14-10(11-5-4-6-26-11)8-29-16(14)20-12(22)7-27-17(23)13-9(2)21-28-15(13)19/h4-6,8H,3,7,19H2,1-2H3,(H,20,22). The fourth-order valence-electron chi connectivity index (χ4n) is 2.47. The Kier molecular flexibility index (Phi) is 5.98. The van der Waals surface area contributed by atoms with Crippen molar-refractivity contribution in [3.05, 3.63) is 40.6 Å². The van der Waals surface area contributed by atoms with E-state index in [0.29, 0.717) is 11.3 Å². The molecule has 0 fully saturated rings. The minimum Gasteiger partial charge on any atom is -0.464 e. The van der Waals surface area contributed by atoms with Crippen LogP contribution in [0.25, 0.3) is 11.3 Å². The van der Waals surface area contributed by atoms with E-state index in [2.05, 4.69) is 15.0 Å². The molecule has 0 bridgehead atoms. The van der Waals surface area contributed by atoms with E-state index in [1.165, 1.54) is 13.2 Å². The van der Waals surface area contributed by atoms with Crippen molar-refractivity contribution in [2.24, 2.45) is 0 Å². The first-order valence-electron chi connectivity index (χ1n) is 8.43. The molecule has 0 saturated heterocycles. The molecule has 1 amide bonds. The third-order valence-corrected chi connectivity index (χ3v) is 4.63. The summed E-state index contributed by atoms with van der Waals surface area (Å²) in [6, 6.07) is 3.36. The summed E-state index contributed by atoms with van der Waals surface area (Å²) >= 11 is 1.12. The number of carbonyl (C=O) groups excluding carboxylic acids is 3. The van der Waals surface area contributed by atoms with Gasteiger partial charge in [0.25, 0.3) is 5.91 Å². The molecule has 3 N–H and O–H groups in total. The van der Waals surface area contributed by atoms with Gasteiger partial charge in [-0.25, -0.2) is 9.59 Å². The van der Waals surface area contributed by atoms with Gasteiger partial charge in [-0.15, -0.1) is 11.3 Å². The quantitative estimate of drug-likeness (QED) is 0.552. The lowest BCUT2D eigenvalue weighted by Crippen LogP contribution is -2.22. The molecule has 0 atom stereocenters. The summed E-state index contributed by atoms with van der Waals surface area (Å²) < 4.78 is 20.1. The second-order valence-corrected chi connectivity index (χ2v) is 6.56. The Hall–Kier alpha value is -3.60. The molecular weight excluding hydrogens is 402 g/mol. The molecule has 0 aliphatic heterocycles. The van der Waals surface area contributed by atoms with Crippen molar-refractivity contribution < 1.29 is 32.8 Å². The SMILES string of the molecule is CCOC(=O)c1c(-c2ccco2)csc1NC(=O)COC(=O)c1c(C)noc1N. The van der Waals surface area contributed by atoms with E-state index in [4.69, 9.17) is 19.6 Å². The average molecular weight is 419 g/mol. The van der Waals surface area contributed by atoms with Crippen LogP contribution in [0, 0.1) is 6.92 Å². The molecule has 0 radical (unpaired) electrons. The highest BCUT2D eigenvalue weighted by Crippen LogP contribution is 2.36. The molecule has 0 unspecified atom stereocenters. The van der Waals surface area contributed by atoms with E-state index in [9.17, 15) is 14.4 Å². The Morgan fingerprint density at radius 3 is 2.62 bits per heavy atom. The number of furan rings is 1. The van der Waals surface area contributed by atoms with E-state index in [1.54, 1.807) is 24.4 Å². The second kappa shape index (κ2) is 8.61. The first-order chi connectivity index (χ1) is 13.9. The predicted octanol–water partition coefficient (Wildman–Crippen LogP) is 2.86. The first-order valence-corrected chi connectivity index (χ1v) is 9.31. The summed E-state index contributed by atoms with van der Waals surface area (Å²) in [5, 5.41) is 8.01. The van der Waals surface area contributed by atoms with Crippen LogP contribution in [0.15, 0.2) is 32.7 Å². The van der Waals surface area contributed by atoms with E-state index in [1.807, 2.05) is 0 Å². The van der Waals surface area contributed by atoms with Crippen molar-refractivity contribution in [2.45, 2.75) is 13.8 Å². The number of aryl methyl sites for hydroxylation is 1.